The van der Waals surface area contributed by atoms with Gasteiger partial charge in [0.1, 0.15) is 5.69 Å². The molecule has 0 aliphatic heterocycles. The average Bonchev–Trinajstić information content (AvgIpc) is 2.45. The summed E-state index contributed by atoms with van der Waals surface area (Å²) in [6.07, 6.45) is 3.07. The van der Waals surface area contributed by atoms with Gasteiger partial charge >= 0.3 is 0 Å². The van der Waals surface area contributed by atoms with Gasteiger partial charge in [-0.05, 0) is 18.1 Å². The number of nitrogens with zero attached hydrogens (tertiary/aromatic N) is 2. The molecule has 0 radical (unpaired) electrons. The van der Waals surface area contributed by atoms with Crippen molar-refractivity contribution in [1.29, 1.82) is 0 Å². The molecular formula is C14H10Cl2N2O2. The van der Waals surface area contributed by atoms with Gasteiger partial charge in [-0.15, -0.1) is 0 Å². The van der Waals surface area contributed by atoms with Crippen molar-refractivity contribution in [2.75, 3.05) is 13.7 Å². The number of hydrogen-bond donors (Lipinski definition) is 0. The van der Waals surface area contributed by atoms with Crippen LogP contribution in [0.2, 0.25) is 10.0 Å². The minimum atomic E-state index is 0.152. The van der Waals surface area contributed by atoms with Crippen molar-refractivity contribution in [1.82, 2.24) is 9.97 Å². The van der Waals surface area contributed by atoms with Gasteiger partial charge in [-0.25, -0.2) is 9.97 Å². The smallest absolute Gasteiger partial charge is 0.258 e. The van der Waals surface area contributed by atoms with Crippen LogP contribution >= 0.6 is 23.2 Å². The Kier molecular flexibility index (Phi) is 5.05. The van der Waals surface area contributed by atoms with Gasteiger partial charge < -0.3 is 9.47 Å². The van der Waals surface area contributed by atoms with Crippen molar-refractivity contribution in [2.45, 2.75) is 0 Å². The van der Waals surface area contributed by atoms with Crippen LogP contribution in [0.1, 0.15) is 5.69 Å². The third kappa shape index (κ3) is 4.02. The first kappa shape index (κ1) is 14.4. The van der Waals surface area contributed by atoms with E-state index in [0.29, 0.717) is 27.4 Å². The van der Waals surface area contributed by atoms with Crippen molar-refractivity contribution in [3.05, 3.63) is 46.3 Å². The third-order valence-corrected chi connectivity index (χ3v) is 2.67. The second-order valence-corrected chi connectivity index (χ2v) is 4.48. The summed E-state index contributed by atoms with van der Waals surface area (Å²) in [5, 5.41) is 1.06. The van der Waals surface area contributed by atoms with Gasteiger partial charge in [-0.3, -0.25) is 0 Å². The fourth-order valence-corrected chi connectivity index (χ4v) is 1.67. The molecule has 0 spiro atoms. The summed E-state index contributed by atoms with van der Waals surface area (Å²) in [7, 11) is 1.52. The minimum absolute atomic E-state index is 0.152. The zero-order chi connectivity index (χ0) is 14.4. The lowest BCUT2D eigenvalue weighted by Gasteiger charge is -2.06. The fourth-order valence-electron chi connectivity index (χ4n) is 1.37. The van der Waals surface area contributed by atoms with E-state index in [9.17, 15) is 0 Å². The molecule has 0 aliphatic rings. The number of aromatic nitrogens is 2. The molecule has 0 N–H and O–H groups in total. The molecule has 2 rings (SSSR count). The highest BCUT2D eigenvalue weighted by Gasteiger charge is 2.05. The summed E-state index contributed by atoms with van der Waals surface area (Å²) in [6.45, 7) is 0.152. The van der Waals surface area contributed by atoms with E-state index < -0.39 is 0 Å². The Bertz CT molecular complexity index is 666. The highest BCUT2D eigenvalue weighted by atomic mass is 35.5. The first-order chi connectivity index (χ1) is 9.69. The molecule has 0 amide bonds. The maximum absolute atomic E-state index is 5.83. The van der Waals surface area contributed by atoms with E-state index >= 15 is 0 Å². The average molecular weight is 309 g/mol. The van der Waals surface area contributed by atoms with Crippen LogP contribution in [0.25, 0.3) is 0 Å². The monoisotopic (exact) mass is 308 g/mol. The van der Waals surface area contributed by atoms with Gasteiger partial charge in [-0.1, -0.05) is 29.1 Å². The molecule has 0 saturated heterocycles. The first-order valence-electron chi connectivity index (χ1n) is 5.62. The molecule has 0 unspecified atom stereocenters. The number of halogens is 2. The van der Waals surface area contributed by atoms with Crippen molar-refractivity contribution in [3.63, 3.8) is 0 Å². The minimum Gasteiger partial charge on any atom is -0.491 e. The number of ether oxygens (including phenoxy) is 2. The maximum Gasteiger partial charge on any atom is 0.258 e. The van der Waals surface area contributed by atoms with E-state index in [1.807, 2.05) is 0 Å². The van der Waals surface area contributed by atoms with E-state index in [0.717, 1.165) is 0 Å². The summed E-state index contributed by atoms with van der Waals surface area (Å²) in [4.78, 5) is 8.08. The Hall–Kier alpha value is -1.96. The summed E-state index contributed by atoms with van der Waals surface area (Å²) in [5.74, 6) is 6.46. The molecule has 20 heavy (non-hydrogen) atoms. The predicted molar refractivity (Wildman–Crippen MR) is 77.4 cm³/mol. The fraction of sp³-hybridized carbons (Fsp3) is 0.143. The molecule has 2 aromatic rings. The largest absolute Gasteiger partial charge is 0.491 e. The molecular weight excluding hydrogens is 299 g/mol. The van der Waals surface area contributed by atoms with Crippen LogP contribution < -0.4 is 9.47 Å². The number of rotatable bonds is 3. The molecule has 0 aromatic carbocycles. The molecule has 0 fully saturated rings. The van der Waals surface area contributed by atoms with Gasteiger partial charge in [-0.2, -0.15) is 0 Å². The van der Waals surface area contributed by atoms with Crippen molar-refractivity contribution in [2.24, 2.45) is 0 Å². The molecule has 102 valence electrons. The van der Waals surface area contributed by atoms with Crippen molar-refractivity contribution >= 4 is 23.2 Å². The normalized spacial score (nSPS) is 9.55. The number of hydrogen-bond acceptors (Lipinski definition) is 4. The molecule has 0 aliphatic carbocycles. The van der Waals surface area contributed by atoms with E-state index in [2.05, 4.69) is 21.8 Å². The van der Waals surface area contributed by atoms with Gasteiger partial charge in [0.05, 0.1) is 12.1 Å². The predicted octanol–water partition coefficient (Wildman–Crippen LogP) is 3.22. The Morgan fingerprint density at radius 2 is 2.05 bits per heavy atom. The van der Waals surface area contributed by atoms with E-state index in [1.54, 1.807) is 24.4 Å². The topological polar surface area (TPSA) is 44.2 Å². The molecule has 4 nitrogen and oxygen atoms in total. The van der Waals surface area contributed by atoms with E-state index in [-0.39, 0.29) is 6.61 Å². The van der Waals surface area contributed by atoms with Gasteiger partial charge in [0, 0.05) is 23.5 Å². The van der Waals surface area contributed by atoms with Crippen LogP contribution in [0.4, 0.5) is 0 Å². The quantitative estimate of drug-likeness (QED) is 0.817. The lowest BCUT2D eigenvalue weighted by molar-refractivity contribution is 0.318. The first-order valence-corrected chi connectivity index (χ1v) is 6.37. The van der Waals surface area contributed by atoms with Crippen molar-refractivity contribution < 1.29 is 9.47 Å². The van der Waals surface area contributed by atoms with Crippen LogP contribution in [-0.4, -0.2) is 23.7 Å². The van der Waals surface area contributed by atoms with Gasteiger partial charge in [0.2, 0.25) is 0 Å². The number of pyridine rings is 2. The van der Waals surface area contributed by atoms with E-state index in [4.69, 9.17) is 32.7 Å². The zero-order valence-electron chi connectivity index (χ0n) is 10.6. The Balaban J connectivity index is 2.00. The Morgan fingerprint density at radius 3 is 2.80 bits per heavy atom. The van der Waals surface area contributed by atoms with Crippen LogP contribution in [0, 0.1) is 11.8 Å². The SMILES string of the molecule is COc1cc(Cl)cnc1OCC#Cc1cc(Cl)ccn1. The third-order valence-electron chi connectivity index (χ3n) is 2.22. The summed E-state index contributed by atoms with van der Waals surface area (Å²) >= 11 is 11.6. The van der Waals surface area contributed by atoms with Crippen LogP contribution in [0.5, 0.6) is 11.6 Å². The number of methoxy groups -OCH3 is 1. The highest BCUT2D eigenvalue weighted by Crippen LogP contribution is 2.26. The lowest BCUT2D eigenvalue weighted by atomic mass is 10.3. The Labute approximate surface area is 126 Å². The standard InChI is InChI=1S/C14H10Cl2N2O2/c1-19-13-8-11(16)9-18-14(13)20-6-2-3-12-7-10(15)4-5-17-12/h4-5,7-9H,6H2,1H3. The summed E-state index contributed by atoms with van der Waals surface area (Å²) in [6, 6.07) is 4.98. The summed E-state index contributed by atoms with van der Waals surface area (Å²) < 4.78 is 10.5. The highest BCUT2D eigenvalue weighted by molar-refractivity contribution is 6.30. The maximum atomic E-state index is 5.83. The second-order valence-electron chi connectivity index (χ2n) is 3.61. The van der Waals surface area contributed by atoms with Crippen LogP contribution in [0.15, 0.2) is 30.6 Å². The van der Waals surface area contributed by atoms with Crippen molar-refractivity contribution in [3.8, 4) is 23.5 Å². The Morgan fingerprint density at radius 1 is 1.20 bits per heavy atom. The second kappa shape index (κ2) is 6.99. The molecule has 2 heterocycles. The van der Waals surface area contributed by atoms with Gasteiger partial charge in [0.25, 0.3) is 5.88 Å². The molecule has 0 atom stereocenters. The van der Waals surface area contributed by atoms with Crippen LogP contribution in [0.3, 0.4) is 0 Å². The molecule has 6 heteroatoms. The lowest BCUT2D eigenvalue weighted by Crippen LogP contribution is -1.99. The molecule has 2 aromatic heterocycles. The zero-order valence-corrected chi connectivity index (χ0v) is 12.1. The summed E-state index contributed by atoms with van der Waals surface area (Å²) in [5.41, 5.74) is 0.581. The molecule has 0 saturated carbocycles. The molecule has 0 bridgehead atoms. The van der Waals surface area contributed by atoms with Crippen LogP contribution in [-0.2, 0) is 0 Å². The van der Waals surface area contributed by atoms with Gasteiger partial charge in [0.15, 0.2) is 12.4 Å². The van der Waals surface area contributed by atoms with E-state index in [1.165, 1.54) is 13.3 Å².